The molecule has 0 bridgehead atoms. The largest absolute Gasteiger partial charge is 0.483 e. The predicted molar refractivity (Wildman–Crippen MR) is 131 cm³/mol. The topological polar surface area (TPSA) is 146 Å². The van der Waals surface area contributed by atoms with Gasteiger partial charge in [-0.3, -0.25) is 28.9 Å². The molecule has 0 radical (unpaired) electrons. The third-order valence-electron chi connectivity index (χ3n) is 6.23. The monoisotopic (exact) mass is 597 g/mol. The number of H-pyrrole nitrogens is 1. The molecule has 3 aliphatic rings. The molecule has 0 saturated carbocycles. The SMILES string of the molecule is O=C(O)CN1C(=O)[C@@H]2[C@H](c3cc(Br)ccc3OCC(=O)N3CCOCC3)c3sc(=O)[nH]c3S[C@@H]2C1=O. The maximum atomic E-state index is 13.4. The Hall–Kier alpha value is -2.68. The first-order valence-electron chi connectivity index (χ1n) is 11.0. The van der Waals surface area contributed by atoms with Gasteiger partial charge in [-0.1, -0.05) is 39.0 Å². The maximum Gasteiger partial charge on any atom is 0.323 e. The summed E-state index contributed by atoms with van der Waals surface area (Å²) in [5.41, 5.74) is 0.518. The first-order valence-corrected chi connectivity index (χ1v) is 13.5. The minimum absolute atomic E-state index is 0.212. The zero-order valence-corrected chi connectivity index (χ0v) is 21.8. The minimum atomic E-state index is -1.30. The van der Waals surface area contributed by atoms with Gasteiger partial charge in [0.2, 0.25) is 11.8 Å². The number of thioether (sulfide) groups is 1. The smallest absolute Gasteiger partial charge is 0.323 e. The van der Waals surface area contributed by atoms with Crippen molar-refractivity contribution in [1.82, 2.24) is 14.8 Å². The second kappa shape index (κ2) is 10.00. The minimum Gasteiger partial charge on any atom is -0.483 e. The molecule has 2 fully saturated rings. The van der Waals surface area contributed by atoms with Gasteiger partial charge in [-0.2, -0.15) is 0 Å². The second-order valence-electron chi connectivity index (χ2n) is 8.37. The van der Waals surface area contributed by atoms with Crippen molar-refractivity contribution in [2.75, 3.05) is 39.5 Å². The number of amides is 3. The van der Waals surface area contributed by atoms with Crippen molar-refractivity contribution < 1.29 is 33.8 Å². The van der Waals surface area contributed by atoms with E-state index in [1.807, 2.05) is 0 Å². The second-order valence-corrected chi connectivity index (χ2v) is 11.5. The van der Waals surface area contributed by atoms with Gasteiger partial charge in [0.1, 0.15) is 17.5 Å². The van der Waals surface area contributed by atoms with Crippen molar-refractivity contribution in [3.63, 3.8) is 0 Å². The van der Waals surface area contributed by atoms with Gasteiger partial charge in [0.25, 0.3) is 5.91 Å². The highest BCUT2D eigenvalue weighted by atomic mass is 79.9. The number of hydrogen-bond acceptors (Lipinski definition) is 9. The Morgan fingerprint density at radius 2 is 1.94 bits per heavy atom. The molecule has 1 aromatic carbocycles. The van der Waals surface area contributed by atoms with Gasteiger partial charge in [-0.15, -0.1) is 0 Å². The molecular weight excluding hydrogens is 578 g/mol. The average molecular weight is 598 g/mol. The Bertz CT molecular complexity index is 1300. The summed E-state index contributed by atoms with van der Waals surface area (Å²) in [6.07, 6.45) is 0. The number of morpholine rings is 1. The fourth-order valence-corrected chi connectivity index (χ4v) is 7.54. The lowest BCUT2D eigenvalue weighted by Gasteiger charge is -2.31. The summed E-state index contributed by atoms with van der Waals surface area (Å²) < 4.78 is 11.9. The van der Waals surface area contributed by atoms with Gasteiger partial charge in [-0.05, 0) is 18.2 Å². The van der Waals surface area contributed by atoms with E-state index < -0.39 is 41.4 Å². The molecule has 3 atom stereocenters. The van der Waals surface area contributed by atoms with Gasteiger partial charge in [-0.25, -0.2) is 0 Å². The van der Waals surface area contributed by atoms with Crippen molar-refractivity contribution in [2.24, 2.45) is 5.92 Å². The summed E-state index contributed by atoms with van der Waals surface area (Å²) in [5, 5.41) is 8.80. The molecule has 2 aromatic rings. The average Bonchev–Trinajstić information content (AvgIpc) is 3.34. The van der Waals surface area contributed by atoms with Crippen LogP contribution in [0.4, 0.5) is 0 Å². The fraction of sp³-hybridized carbons (Fsp3) is 0.409. The molecule has 1 aromatic heterocycles. The molecule has 190 valence electrons. The van der Waals surface area contributed by atoms with Crippen molar-refractivity contribution in [2.45, 2.75) is 16.2 Å². The van der Waals surface area contributed by atoms with E-state index in [4.69, 9.17) is 9.47 Å². The molecule has 2 saturated heterocycles. The summed E-state index contributed by atoms with van der Waals surface area (Å²) in [6, 6.07) is 5.12. The lowest BCUT2D eigenvalue weighted by Crippen LogP contribution is -2.43. The van der Waals surface area contributed by atoms with Crippen molar-refractivity contribution in [3.05, 3.63) is 42.8 Å². The van der Waals surface area contributed by atoms with Crippen LogP contribution in [0.1, 0.15) is 16.4 Å². The van der Waals surface area contributed by atoms with E-state index in [0.29, 0.717) is 52.0 Å². The number of aliphatic carboxylic acids is 1. The van der Waals surface area contributed by atoms with Crippen LogP contribution in [-0.2, 0) is 23.9 Å². The molecule has 3 amide bonds. The highest BCUT2D eigenvalue weighted by Gasteiger charge is 2.56. The quantitative estimate of drug-likeness (QED) is 0.467. The molecule has 4 heterocycles. The van der Waals surface area contributed by atoms with E-state index in [0.717, 1.165) is 28.0 Å². The van der Waals surface area contributed by atoms with Crippen molar-refractivity contribution >= 4 is 62.7 Å². The number of carbonyl (C=O) groups excluding carboxylic acids is 3. The number of carboxylic acid groups (broad SMARTS) is 1. The molecule has 2 N–H and O–H groups in total. The number of rotatable bonds is 6. The number of ether oxygens (including phenoxy) is 2. The standard InChI is InChI=1S/C22H20BrN3O8S2/c23-10-1-2-12(34-9-13(27)25-3-5-33-6-4-25)11(7-10)15-16-18(35-19-17(15)36-22(32)24-19)21(31)26(20(16)30)8-14(28)29/h1-2,7,15-16,18H,3-6,8-9H2,(H,24,32)(H,28,29)/t15-,16+,18-/m0/s1. The summed E-state index contributed by atoms with van der Waals surface area (Å²) in [5.74, 6) is -4.10. The van der Waals surface area contributed by atoms with Crippen LogP contribution in [0, 0.1) is 5.92 Å². The molecule has 5 rings (SSSR count). The first-order chi connectivity index (χ1) is 17.2. The van der Waals surface area contributed by atoms with Gasteiger partial charge >= 0.3 is 10.8 Å². The summed E-state index contributed by atoms with van der Waals surface area (Å²) in [7, 11) is 0. The Morgan fingerprint density at radius 3 is 2.67 bits per heavy atom. The van der Waals surface area contributed by atoms with Crippen LogP contribution >= 0.6 is 39.0 Å². The number of hydrogen-bond donors (Lipinski definition) is 2. The van der Waals surface area contributed by atoms with Gasteiger partial charge in [0.05, 0.1) is 24.2 Å². The van der Waals surface area contributed by atoms with E-state index in [2.05, 4.69) is 20.9 Å². The van der Waals surface area contributed by atoms with Crippen LogP contribution in [-0.4, -0.2) is 88.3 Å². The Labute approximate surface area is 220 Å². The third kappa shape index (κ3) is 4.58. The number of benzene rings is 1. The van der Waals surface area contributed by atoms with E-state index in [9.17, 15) is 29.1 Å². The number of carbonyl (C=O) groups is 4. The molecule has 0 spiro atoms. The van der Waals surface area contributed by atoms with E-state index in [1.54, 1.807) is 23.1 Å². The van der Waals surface area contributed by atoms with Crippen LogP contribution in [0.2, 0.25) is 0 Å². The number of carboxylic acids is 1. The number of imide groups is 1. The number of nitrogens with zero attached hydrogens (tertiary/aromatic N) is 2. The fourth-order valence-electron chi connectivity index (χ4n) is 4.64. The molecule has 0 unspecified atom stereocenters. The molecule has 36 heavy (non-hydrogen) atoms. The highest BCUT2D eigenvalue weighted by Crippen LogP contribution is 2.54. The highest BCUT2D eigenvalue weighted by molar-refractivity contribution is 9.10. The van der Waals surface area contributed by atoms with Gasteiger partial charge < -0.3 is 24.5 Å². The van der Waals surface area contributed by atoms with Crippen molar-refractivity contribution in [1.29, 1.82) is 0 Å². The number of halogens is 1. The maximum absolute atomic E-state index is 13.4. The zero-order chi connectivity index (χ0) is 25.6. The lowest BCUT2D eigenvalue weighted by atomic mass is 9.82. The van der Waals surface area contributed by atoms with E-state index >= 15 is 0 Å². The molecule has 3 aliphatic heterocycles. The predicted octanol–water partition coefficient (Wildman–Crippen LogP) is 1.11. The molecular formula is C22H20BrN3O8S2. The number of nitrogens with one attached hydrogen (secondary N) is 1. The number of aromatic nitrogens is 1. The Balaban J connectivity index is 1.53. The Morgan fingerprint density at radius 1 is 1.19 bits per heavy atom. The molecule has 0 aliphatic carbocycles. The normalized spacial score (nSPS) is 23.4. The number of thiazole rings is 1. The number of fused-ring (bicyclic) bond motifs is 2. The number of likely N-dealkylation sites (tertiary alicyclic amines) is 1. The summed E-state index contributed by atoms with van der Waals surface area (Å²) in [4.78, 5) is 68.1. The van der Waals surface area contributed by atoms with Crippen LogP contribution < -0.4 is 9.61 Å². The zero-order valence-electron chi connectivity index (χ0n) is 18.6. The number of aromatic amines is 1. The van der Waals surface area contributed by atoms with E-state index in [-0.39, 0.29) is 17.4 Å². The van der Waals surface area contributed by atoms with E-state index in [1.165, 1.54) is 0 Å². The van der Waals surface area contributed by atoms with Crippen LogP contribution in [0.3, 0.4) is 0 Å². The molecule has 14 heteroatoms. The van der Waals surface area contributed by atoms with Gasteiger partial charge in [0, 0.05) is 33.9 Å². The van der Waals surface area contributed by atoms with Crippen LogP contribution in [0.5, 0.6) is 5.75 Å². The van der Waals surface area contributed by atoms with Crippen LogP contribution in [0.15, 0.2) is 32.5 Å². The van der Waals surface area contributed by atoms with Gasteiger partial charge in [0.15, 0.2) is 6.61 Å². The Kier molecular flexibility index (Phi) is 6.94. The third-order valence-corrected chi connectivity index (χ3v) is 9.12. The molecule has 11 nitrogen and oxygen atoms in total. The van der Waals surface area contributed by atoms with Crippen molar-refractivity contribution in [3.8, 4) is 5.75 Å². The lowest BCUT2D eigenvalue weighted by molar-refractivity contribution is -0.149. The first kappa shape index (κ1) is 25.0. The van der Waals surface area contributed by atoms with Crippen LogP contribution in [0.25, 0.3) is 0 Å². The summed E-state index contributed by atoms with van der Waals surface area (Å²) >= 11 is 5.43. The summed E-state index contributed by atoms with van der Waals surface area (Å²) in [6.45, 7) is 0.869.